The number of fused-ring (bicyclic) bond motifs is 1. The van der Waals surface area contributed by atoms with Crippen molar-refractivity contribution >= 4 is 11.7 Å². The number of nitrogens with zero attached hydrogens (tertiary/aromatic N) is 5. The molecule has 158 valence electrons. The van der Waals surface area contributed by atoms with Crippen molar-refractivity contribution in [3.8, 4) is 0 Å². The average Bonchev–Trinajstić information content (AvgIpc) is 2.74. The molecular weight excluding hydrogens is 374 g/mol. The van der Waals surface area contributed by atoms with E-state index in [0.717, 1.165) is 87.7 Å². The minimum absolute atomic E-state index is 0.241. The van der Waals surface area contributed by atoms with Crippen molar-refractivity contribution in [2.75, 3.05) is 24.5 Å². The third kappa shape index (κ3) is 3.80. The second-order valence-electron chi connectivity index (χ2n) is 9.07. The van der Waals surface area contributed by atoms with Gasteiger partial charge >= 0.3 is 0 Å². The first-order valence-corrected chi connectivity index (χ1v) is 11.5. The Kier molecular flexibility index (Phi) is 5.40. The summed E-state index contributed by atoms with van der Waals surface area (Å²) in [4.78, 5) is 31.8. The van der Waals surface area contributed by atoms with Gasteiger partial charge in [0.15, 0.2) is 0 Å². The van der Waals surface area contributed by atoms with E-state index < -0.39 is 0 Å². The summed E-state index contributed by atoms with van der Waals surface area (Å²) >= 11 is 0. The Balaban J connectivity index is 1.39. The van der Waals surface area contributed by atoms with E-state index in [1.54, 1.807) is 0 Å². The molecule has 2 aromatic heterocycles. The molecule has 5 rings (SSSR count). The number of pyridine rings is 1. The lowest BCUT2D eigenvalue weighted by molar-refractivity contribution is -0.139. The van der Waals surface area contributed by atoms with Crippen molar-refractivity contribution in [3.63, 3.8) is 0 Å². The molecule has 1 unspecified atom stereocenters. The van der Waals surface area contributed by atoms with Crippen molar-refractivity contribution in [2.24, 2.45) is 5.92 Å². The fourth-order valence-corrected chi connectivity index (χ4v) is 5.03. The van der Waals surface area contributed by atoms with Crippen LogP contribution in [0.5, 0.6) is 0 Å². The van der Waals surface area contributed by atoms with Gasteiger partial charge in [0.1, 0.15) is 11.6 Å². The first-order chi connectivity index (χ1) is 14.7. The molecular formula is C24H31N5O. The Labute approximate surface area is 178 Å². The molecule has 0 radical (unpaired) electrons. The summed E-state index contributed by atoms with van der Waals surface area (Å²) < 4.78 is 0. The summed E-state index contributed by atoms with van der Waals surface area (Å²) in [5.74, 6) is 2.87. The van der Waals surface area contributed by atoms with Crippen LogP contribution in [0.2, 0.25) is 0 Å². The van der Waals surface area contributed by atoms with Crippen molar-refractivity contribution in [2.45, 2.75) is 64.3 Å². The fraction of sp³-hybridized carbons (Fsp3) is 0.583. The van der Waals surface area contributed by atoms with Crippen LogP contribution in [0.4, 0.5) is 5.82 Å². The third-order valence-corrected chi connectivity index (χ3v) is 7.00. The van der Waals surface area contributed by atoms with Crippen LogP contribution in [0.15, 0.2) is 24.4 Å². The summed E-state index contributed by atoms with van der Waals surface area (Å²) in [5.41, 5.74) is 3.44. The van der Waals surface area contributed by atoms with E-state index in [-0.39, 0.29) is 11.8 Å². The molecule has 0 bridgehead atoms. The molecule has 2 aliphatic heterocycles. The third-order valence-electron chi connectivity index (χ3n) is 7.00. The number of anilines is 1. The molecule has 1 amide bonds. The molecule has 3 aliphatic rings. The molecule has 6 nitrogen and oxygen atoms in total. The lowest BCUT2D eigenvalue weighted by atomic mass is 9.83. The van der Waals surface area contributed by atoms with E-state index in [4.69, 9.17) is 9.97 Å². The van der Waals surface area contributed by atoms with E-state index in [0.29, 0.717) is 5.91 Å². The Morgan fingerprint density at radius 1 is 1.10 bits per heavy atom. The van der Waals surface area contributed by atoms with Gasteiger partial charge in [-0.2, -0.15) is 0 Å². The van der Waals surface area contributed by atoms with Gasteiger partial charge in [0, 0.05) is 48.9 Å². The zero-order valence-electron chi connectivity index (χ0n) is 17.9. The first-order valence-electron chi connectivity index (χ1n) is 11.5. The molecule has 2 aromatic rings. The standard InChI is InChI=1S/C24H31N5O/c1-17-21-11-6-13-28(16-20-10-2-3-12-25-20)23(21)27-22(26-17)19-9-5-14-29(15-19)24(30)18-7-4-8-18/h2-3,10,12,18-19H,4-9,11,13-16H2,1H3. The SMILES string of the molecule is Cc1nc(C2CCCN(C(=O)C3CCC3)C2)nc2c1CCCN2Cc1ccccn1. The van der Waals surface area contributed by atoms with Gasteiger partial charge in [-0.05, 0) is 57.6 Å². The number of amides is 1. The predicted octanol–water partition coefficient (Wildman–Crippen LogP) is 3.64. The van der Waals surface area contributed by atoms with E-state index in [1.807, 2.05) is 18.3 Å². The van der Waals surface area contributed by atoms with Gasteiger partial charge in [-0.25, -0.2) is 9.97 Å². The minimum atomic E-state index is 0.241. The highest BCUT2D eigenvalue weighted by Gasteiger charge is 2.34. The fourth-order valence-electron chi connectivity index (χ4n) is 5.03. The second kappa shape index (κ2) is 8.32. The maximum Gasteiger partial charge on any atom is 0.225 e. The quantitative estimate of drug-likeness (QED) is 0.777. The van der Waals surface area contributed by atoms with Gasteiger partial charge in [0.05, 0.1) is 12.2 Å². The van der Waals surface area contributed by atoms with Crippen LogP contribution >= 0.6 is 0 Å². The van der Waals surface area contributed by atoms with Gasteiger partial charge in [-0.15, -0.1) is 0 Å². The highest BCUT2D eigenvalue weighted by Crippen LogP contribution is 2.34. The average molecular weight is 406 g/mol. The monoisotopic (exact) mass is 405 g/mol. The number of hydrogen-bond acceptors (Lipinski definition) is 5. The number of hydrogen-bond donors (Lipinski definition) is 0. The highest BCUT2D eigenvalue weighted by molar-refractivity contribution is 5.79. The van der Waals surface area contributed by atoms with Gasteiger partial charge < -0.3 is 9.80 Å². The van der Waals surface area contributed by atoms with Crippen LogP contribution in [0.1, 0.15) is 67.2 Å². The smallest absolute Gasteiger partial charge is 0.225 e. The van der Waals surface area contributed by atoms with Crippen molar-refractivity contribution < 1.29 is 4.79 Å². The van der Waals surface area contributed by atoms with Crippen LogP contribution in [0.25, 0.3) is 0 Å². The van der Waals surface area contributed by atoms with Crippen LogP contribution < -0.4 is 4.90 Å². The Morgan fingerprint density at radius 2 is 2.00 bits per heavy atom. The number of likely N-dealkylation sites (tertiary alicyclic amines) is 1. The van der Waals surface area contributed by atoms with E-state index >= 15 is 0 Å². The Hall–Kier alpha value is -2.50. The molecule has 1 saturated heterocycles. The second-order valence-corrected chi connectivity index (χ2v) is 9.07. The number of carbonyl (C=O) groups is 1. The van der Waals surface area contributed by atoms with Gasteiger partial charge in [-0.3, -0.25) is 9.78 Å². The molecule has 4 heterocycles. The summed E-state index contributed by atoms with van der Waals surface area (Å²) in [5, 5.41) is 0. The summed E-state index contributed by atoms with van der Waals surface area (Å²) in [6, 6.07) is 6.08. The largest absolute Gasteiger partial charge is 0.350 e. The topological polar surface area (TPSA) is 62.2 Å². The van der Waals surface area contributed by atoms with Gasteiger partial charge in [0.2, 0.25) is 5.91 Å². The molecule has 6 heteroatoms. The zero-order chi connectivity index (χ0) is 20.5. The van der Waals surface area contributed by atoms with Crippen molar-refractivity contribution in [3.05, 3.63) is 47.2 Å². The molecule has 1 atom stereocenters. The van der Waals surface area contributed by atoms with Crippen LogP contribution in [0, 0.1) is 12.8 Å². The number of carbonyl (C=O) groups excluding carboxylic acids is 1. The Bertz CT molecular complexity index is 911. The number of aryl methyl sites for hydroxylation is 1. The van der Waals surface area contributed by atoms with Crippen LogP contribution in [-0.4, -0.2) is 45.4 Å². The van der Waals surface area contributed by atoms with Crippen molar-refractivity contribution in [1.82, 2.24) is 19.9 Å². The maximum atomic E-state index is 12.8. The highest BCUT2D eigenvalue weighted by atomic mass is 16.2. The van der Waals surface area contributed by atoms with Gasteiger partial charge in [0.25, 0.3) is 0 Å². The van der Waals surface area contributed by atoms with E-state index in [1.165, 1.54) is 12.0 Å². The molecule has 1 saturated carbocycles. The number of piperidine rings is 1. The lowest BCUT2D eigenvalue weighted by Crippen LogP contribution is -2.44. The maximum absolute atomic E-state index is 12.8. The normalized spacial score (nSPS) is 21.8. The lowest BCUT2D eigenvalue weighted by Gasteiger charge is -2.37. The summed E-state index contributed by atoms with van der Waals surface area (Å²) in [6.45, 7) is 5.56. The molecule has 2 fully saturated rings. The summed E-state index contributed by atoms with van der Waals surface area (Å²) in [6.07, 6.45) is 9.45. The molecule has 0 spiro atoms. The molecule has 0 aromatic carbocycles. The van der Waals surface area contributed by atoms with Crippen LogP contribution in [0.3, 0.4) is 0 Å². The summed E-state index contributed by atoms with van der Waals surface area (Å²) in [7, 11) is 0. The van der Waals surface area contributed by atoms with Crippen molar-refractivity contribution in [1.29, 1.82) is 0 Å². The molecule has 1 aliphatic carbocycles. The minimum Gasteiger partial charge on any atom is -0.350 e. The Morgan fingerprint density at radius 3 is 2.77 bits per heavy atom. The first kappa shape index (κ1) is 19.5. The van der Waals surface area contributed by atoms with Crippen LogP contribution in [-0.2, 0) is 17.8 Å². The number of aromatic nitrogens is 3. The molecule has 30 heavy (non-hydrogen) atoms. The molecule has 0 N–H and O–H groups in total. The predicted molar refractivity (Wildman–Crippen MR) is 116 cm³/mol. The van der Waals surface area contributed by atoms with E-state index in [2.05, 4.69) is 27.8 Å². The van der Waals surface area contributed by atoms with Gasteiger partial charge in [-0.1, -0.05) is 12.5 Å². The zero-order valence-corrected chi connectivity index (χ0v) is 17.9. The van der Waals surface area contributed by atoms with E-state index in [9.17, 15) is 4.79 Å². The number of rotatable bonds is 4.